The first kappa shape index (κ1) is 39.3. The summed E-state index contributed by atoms with van der Waals surface area (Å²) in [5.41, 5.74) is 6.08. The molecule has 1 fully saturated rings. The lowest BCUT2D eigenvalue weighted by molar-refractivity contribution is -0.130. The quantitative estimate of drug-likeness (QED) is 0.177. The lowest BCUT2D eigenvalue weighted by Gasteiger charge is -2.30. The van der Waals surface area contributed by atoms with E-state index < -0.39 is 41.7 Å². The summed E-state index contributed by atoms with van der Waals surface area (Å²) < 4.78 is 11.2. The normalized spacial score (nSPS) is 19.1. The highest BCUT2D eigenvalue weighted by molar-refractivity contribution is 5.93. The van der Waals surface area contributed by atoms with E-state index in [1.165, 1.54) is 0 Å². The topological polar surface area (TPSA) is 164 Å². The molecule has 0 spiro atoms. The molecule has 0 saturated heterocycles. The lowest BCUT2D eigenvalue weighted by Crippen LogP contribution is -2.55. The summed E-state index contributed by atoms with van der Waals surface area (Å²) in [4.78, 5) is 66.1. The van der Waals surface area contributed by atoms with Crippen molar-refractivity contribution in [2.45, 2.75) is 109 Å². The molecule has 292 valence electrons. The minimum atomic E-state index is -1.07. The number of amides is 5. The molecular weight excluding hydrogens is 699 g/mol. The van der Waals surface area contributed by atoms with Gasteiger partial charge in [0, 0.05) is 30.7 Å². The number of nitrogens with one attached hydrogen (secondary N) is 5. The van der Waals surface area contributed by atoms with Crippen LogP contribution in [0.2, 0.25) is 0 Å². The molecule has 12 nitrogen and oxygen atoms in total. The zero-order chi connectivity index (χ0) is 39.1. The van der Waals surface area contributed by atoms with Gasteiger partial charge in [0.2, 0.25) is 17.7 Å². The van der Waals surface area contributed by atoms with Crippen molar-refractivity contribution in [1.82, 2.24) is 26.6 Å². The Bertz CT molecular complexity index is 1840. The van der Waals surface area contributed by atoms with Gasteiger partial charge in [-0.1, -0.05) is 86.7 Å². The first-order valence-electron chi connectivity index (χ1n) is 19.4. The van der Waals surface area contributed by atoms with Crippen molar-refractivity contribution in [3.8, 4) is 11.1 Å². The van der Waals surface area contributed by atoms with E-state index >= 15 is 0 Å². The number of ether oxygens (including phenoxy) is 2. The van der Waals surface area contributed by atoms with Crippen LogP contribution in [0.5, 0.6) is 0 Å². The fraction of sp³-hybridized carbons (Fsp3) is 0.465. The fourth-order valence-corrected chi connectivity index (χ4v) is 8.01. The molecule has 0 bridgehead atoms. The van der Waals surface area contributed by atoms with Crippen molar-refractivity contribution in [3.05, 3.63) is 94.7 Å². The Morgan fingerprint density at radius 1 is 0.855 bits per heavy atom. The number of alkyl carbamates (subject to hydrolysis) is 2. The van der Waals surface area contributed by atoms with Crippen molar-refractivity contribution in [3.63, 3.8) is 0 Å². The highest BCUT2D eigenvalue weighted by Crippen LogP contribution is 2.44. The molecule has 3 atom stereocenters. The van der Waals surface area contributed by atoms with E-state index in [4.69, 9.17) is 9.47 Å². The van der Waals surface area contributed by atoms with Crippen LogP contribution in [0.3, 0.4) is 0 Å². The van der Waals surface area contributed by atoms with Crippen LogP contribution in [0.1, 0.15) is 96.1 Å². The highest BCUT2D eigenvalue weighted by atomic mass is 16.6. The van der Waals surface area contributed by atoms with Gasteiger partial charge in [-0.3, -0.25) is 14.4 Å². The summed E-state index contributed by atoms with van der Waals surface area (Å²) >= 11 is 0. The molecule has 1 aliphatic heterocycles. The van der Waals surface area contributed by atoms with Crippen molar-refractivity contribution in [2.75, 3.05) is 13.2 Å². The van der Waals surface area contributed by atoms with E-state index in [0.29, 0.717) is 18.5 Å². The summed E-state index contributed by atoms with van der Waals surface area (Å²) in [6.45, 7) is 7.26. The maximum Gasteiger partial charge on any atom is 0.407 e. The third-order valence-corrected chi connectivity index (χ3v) is 10.6. The monoisotopic (exact) mass is 751 g/mol. The fourth-order valence-electron chi connectivity index (χ4n) is 8.01. The van der Waals surface area contributed by atoms with Gasteiger partial charge in [0.15, 0.2) is 0 Å². The lowest BCUT2D eigenvalue weighted by atomic mass is 9.84. The minimum Gasteiger partial charge on any atom is -0.449 e. The van der Waals surface area contributed by atoms with Crippen LogP contribution >= 0.6 is 0 Å². The summed E-state index contributed by atoms with van der Waals surface area (Å²) in [6, 6.07) is 13.8. The second kappa shape index (κ2) is 17.4. The minimum absolute atomic E-state index is 0.0339. The van der Waals surface area contributed by atoms with Gasteiger partial charge in [-0.05, 0) is 85.9 Å². The van der Waals surface area contributed by atoms with E-state index in [9.17, 15) is 24.0 Å². The standard InChI is InChI=1S/C43H53N5O7/c1-26-22-38(49)46-36-24-28(18-19-29(26)36)45-39(50)35(20-21-44-41(52)55-43(2,3)4)47-40(51)37(23-27-12-6-5-7-13-27)48-42(53)54-25-34-32-16-10-8-14-30(32)31-15-9-11-17-33(31)34/h8-11,14-19,22,27,34-37H,5-7,12-13,20-21,23-25H2,1-4H3,(H,44,52)(H,45,50)(H,46,49)(H,47,51)(H,48,53)/t35-,36?,37-/m0/s1. The number of carbonyl (C=O) groups excluding carboxylic acids is 5. The van der Waals surface area contributed by atoms with E-state index in [-0.39, 0.29) is 43.4 Å². The Hall–Kier alpha value is -5.39. The Balaban J connectivity index is 1.15. The molecule has 2 aromatic rings. The van der Waals surface area contributed by atoms with E-state index in [1.807, 2.05) is 49.4 Å². The molecule has 2 aromatic carbocycles. The van der Waals surface area contributed by atoms with Gasteiger partial charge >= 0.3 is 12.2 Å². The maximum atomic E-state index is 14.1. The van der Waals surface area contributed by atoms with Crippen LogP contribution < -0.4 is 26.6 Å². The highest BCUT2D eigenvalue weighted by Gasteiger charge is 2.33. The summed E-state index contributed by atoms with van der Waals surface area (Å²) in [6.07, 6.45) is 9.77. The van der Waals surface area contributed by atoms with Gasteiger partial charge < -0.3 is 36.1 Å². The van der Waals surface area contributed by atoms with Crippen molar-refractivity contribution in [2.24, 2.45) is 5.92 Å². The molecule has 1 saturated carbocycles. The molecule has 4 aliphatic rings. The second-order valence-electron chi connectivity index (χ2n) is 15.9. The molecule has 6 rings (SSSR count). The molecule has 0 aromatic heterocycles. The van der Waals surface area contributed by atoms with Crippen LogP contribution in [0, 0.1) is 5.92 Å². The number of allylic oxidation sites excluding steroid dienone is 2. The zero-order valence-corrected chi connectivity index (χ0v) is 32.2. The summed E-state index contributed by atoms with van der Waals surface area (Å²) in [7, 11) is 0. The third kappa shape index (κ3) is 10.2. The molecule has 5 N–H and O–H groups in total. The van der Waals surface area contributed by atoms with Crippen LogP contribution in [0.4, 0.5) is 9.59 Å². The van der Waals surface area contributed by atoms with E-state index in [2.05, 4.69) is 38.7 Å². The smallest absolute Gasteiger partial charge is 0.407 e. The van der Waals surface area contributed by atoms with Crippen molar-refractivity contribution >= 4 is 29.9 Å². The maximum absolute atomic E-state index is 14.1. The van der Waals surface area contributed by atoms with E-state index in [0.717, 1.165) is 65.5 Å². The second-order valence-corrected chi connectivity index (χ2v) is 15.9. The Labute approximate surface area is 322 Å². The SMILES string of the molecule is CC1=CC(=O)NC2CC(NC(=O)[C@H](CCNC(=O)OC(C)(C)C)NC(=O)[C@H](CC3CCCCC3)NC(=O)OCC3c4ccccc4-c4ccccc43)=CC=C12. The van der Waals surface area contributed by atoms with Gasteiger partial charge in [-0.2, -0.15) is 0 Å². The molecule has 1 heterocycles. The van der Waals surface area contributed by atoms with Crippen LogP contribution in [-0.2, 0) is 23.9 Å². The number of hydrogen-bond donors (Lipinski definition) is 5. The molecule has 3 aliphatic carbocycles. The van der Waals surface area contributed by atoms with Crippen LogP contribution in [0.15, 0.2) is 83.6 Å². The van der Waals surface area contributed by atoms with Gasteiger partial charge in [-0.15, -0.1) is 0 Å². The average Bonchev–Trinajstić information content (AvgIpc) is 3.46. The first-order chi connectivity index (χ1) is 26.3. The Kier molecular flexibility index (Phi) is 12.4. The molecule has 5 amide bonds. The van der Waals surface area contributed by atoms with Gasteiger partial charge in [-0.25, -0.2) is 9.59 Å². The van der Waals surface area contributed by atoms with Crippen LogP contribution in [-0.4, -0.2) is 66.8 Å². The largest absolute Gasteiger partial charge is 0.449 e. The Morgan fingerprint density at radius 2 is 1.53 bits per heavy atom. The van der Waals surface area contributed by atoms with Crippen molar-refractivity contribution < 1.29 is 33.4 Å². The van der Waals surface area contributed by atoms with Gasteiger partial charge in [0.05, 0.1) is 6.04 Å². The third-order valence-electron chi connectivity index (χ3n) is 10.6. The zero-order valence-electron chi connectivity index (χ0n) is 32.2. The van der Waals surface area contributed by atoms with Gasteiger partial charge in [0.25, 0.3) is 0 Å². The number of fused-ring (bicyclic) bond motifs is 4. The van der Waals surface area contributed by atoms with Crippen molar-refractivity contribution in [1.29, 1.82) is 0 Å². The Morgan fingerprint density at radius 3 is 2.20 bits per heavy atom. The molecule has 12 heteroatoms. The molecular formula is C43H53N5O7. The summed E-state index contributed by atoms with van der Waals surface area (Å²) in [5, 5.41) is 14.3. The van der Waals surface area contributed by atoms with Gasteiger partial charge in [0.1, 0.15) is 24.3 Å². The number of benzene rings is 2. The number of hydrogen-bond acceptors (Lipinski definition) is 7. The predicted octanol–water partition coefficient (Wildman–Crippen LogP) is 6.04. The van der Waals surface area contributed by atoms with Crippen LogP contribution in [0.25, 0.3) is 11.1 Å². The number of carbonyl (C=O) groups is 5. The molecule has 1 unspecified atom stereocenters. The van der Waals surface area contributed by atoms with E-state index in [1.54, 1.807) is 32.9 Å². The average molecular weight is 752 g/mol. The summed E-state index contributed by atoms with van der Waals surface area (Å²) in [5.74, 6) is -1.13. The number of rotatable bonds is 12. The molecule has 0 radical (unpaired) electrons. The molecule has 55 heavy (non-hydrogen) atoms. The predicted molar refractivity (Wildman–Crippen MR) is 209 cm³/mol. The first-order valence-corrected chi connectivity index (χ1v) is 19.4.